The molecule has 1 aliphatic heterocycles. The maximum Gasteiger partial charge on any atom is 0.257 e. The molecule has 2 amide bonds. The van der Waals surface area contributed by atoms with Crippen LogP contribution in [0.15, 0.2) is 72.8 Å². The summed E-state index contributed by atoms with van der Waals surface area (Å²) >= 11 is 5.89. The second-order valence-corrected chi connectivity index (χ2v) is 7.66. The number of ether oxygens (including phenoxy) is 1. The average Bonchev–Trinajstić information content (AvgIpc) is 2.97. The molecular formula is C24H22ClN3O3. The molecule has 6 nitrogen and oxygen atoms in total. The number of amides is 2. The number of hydrogen-bond acceptors (Lipinski definition) is 4. The van der Waals surface area contributed by atoms with Crippen LogP contribution in [0.2, 0.25) is 5.02 Å². The number of para-hydroxylation sites is 2. The van der Waals surface area contributed by atoms with Crippen LogP contribution in [0.4, 0.5) is 11.4 Å². The van der Waals surface area contributed by atoms with Gasteiger partial charge in [0.25, 0.3) is 5.91 Å². The lowest BCUT2D eigenvalue weighted by atomic mass is 10.1. The van der Waals surface area contributed by atoms with Crippen molar-refractivity contribution in [3.63, 3.8) is 0 Å². The number of fused-ring (bicyclic) bond motifs is 1. The maximum absolute atomic E-state index is 12.8. The topological polar surface area (TPSA) is 70.7 Å². The minimum absolute atomic E-state index is 0.189. The second kappa shape index (κ2) is 9.64. The minimum Gasteiger partial charge on any atom is -0.492 e. The Morgan fingerprint density at radius 3 is 2.52 bits per heavy atom. The van der Waals surface area contributed by atoms with Gasteiger partial charge in [0, 0.05) is 29.4 Å². The van der Waals surface area contributed by atoms with Crippen molar-refractivity contribution in [3.8, 4) is 5.75 Å². The Bertz CT molecular complexity index is 1090. The highest BCUT2D eigenvalue weighted by Gasteiger charge is 2.19. The molecule has 3 aromatic rings. The number of anilines is 2. The SMILES string of the molecule is O=C(CN1CCOc2ccccc2C1)Nc1ccccc1C(=O)Nc1ccc(Cl)cc1. The van der Waals surface area contributed by atoms with Crippen LogP contribution in [0.3, 0.4) is 0 Å². The Labute approximate surface area is 185 Å². The molecule has 1 aliphatic rings. The third-order valence-corrected chi connectivity index (χ3v) is 5.20. The molecule has 0 atom stereocenters. The molecule has 0 fully saturated rings. The molecule has 158 valence electrons. The Morgan fingerprint density at radius 2 is 1.68 bits per heavy atom. The Morgan fingerprint density at radius 1 is 0.935 bits per heavy atom. The summed E-state index contributed by atoms with van der Waals surface area (Å²) in [5.41, 5.74) is 2.52. The van der Waals surface area contributed by atoms with Gasteiger partial charge in [-0.1, -0.05) is 41.9 Å². The van der Waals surface area contributed by atoms with Gasteiger partial charge in [-0.25, -0.2) is 0 Å². The molecule has 0 bridgehead atoms. The van der Waals surface area contributed by atoms with Crippen LogP contribution in [0.25, 0.3) is 0 Å². The van der Waals surface area contributed by atoms with Crippen molar-refractivity contribution < 1.29 is 14.3 Å². The van der Waals surface area contributed by atoms with Gasteiger partial charge in [-0.3, -0.25) is 14.5 Å². The summed E-state index contributed by atoms with van der Waals surface area (Å²) in [6, 6.07) is 21.6. The number of carbonyl (C=O) groups excluding carboxylic acids is 2. The highest BCUT2D eigenvalue weighted by Crippen LogP contribution is 2.23. The fourth-order valence-corrected chi connectivity index (χ4v) is 3.56. The molecule has 3 aromatic carbocycles. The number of halogens is 1. The minimum atomic E-state index is -0.310. The van der Waals surface area contributed by atoms with Crippen molar-refractivity contribution in [1.29, 1.82) is 0 Å². The largest absolute Gasteiger partial charge is 0.492 e. The summed E-state index contributed by atoms with van der Waals surface area (Å²) in [4.78, 5) is 27.5. The standard InChI is InChI=1S/C24H22ClN3O3/c25-18-9-11-19(12-10-18)26-24(30)20-6-2-3-7-21(20)27-23(29)16-28-13-14-31-22-8-4-1-5-17(22)15-28/h1-12H,13-16H2,(H,26,30)(H,27,29). The van der Waals surface area contributed by atoms with Gasteiger partial charge in [-0.15, -0.1) is 0 Å². The Kier molecular flexibility index (Phi) is 6.50. The molecule has 0 saturated carbocycles. The highest BCUT2D eigenvalue weighted by molar-refractivity contribution is 6.30. The van der Waals surface area contributed by atoms with E-state index in [4.69, 9.17) is 16.3 Å². The zero-order chi connectivity index (χ0) is 21.6. The van der Waals surface area contributed by atoms with Gasteiger partial charge in [-0.2, -0.15) is 0 Å². The summed E-state index contributed by atoms with van der Waals surface area (Å²) in [5, 5.41) is 6.29. The number of benzene rings is 3. The lowest BCUT2D eigenvalue weighted by molar-refractivity contribution is -0.117. The van der Waals surface area contributed by atoms with Gasteiger partial charge in [0.2, 0.25) is 5.91 Å². The van der Waals surface area contributed by atoms with E-state index >= 15 is 0 Å². The molecule has 31 heavy (non-hydrogen) atoms. The third-order valence-electron chi connectivity index (χ3n) is 4.95. The first kappa shape index (κ1) is 20.9. The molecule has 1 heterocycles. The lowest BCUT2D eigenvalue weighted by Gasteiger charge is -2.19. The van der Waals surface area contributed by atoms with Gasteiger partial charge in [0.05, 0.1) is 17.8 Å². The van der Waals surface area contributed by atoms with Crippen LogP contribution in [-0.2, 0) is 11.3 Å². The van der Waals surface area contributed by atoms with Crippen LogP contribution in [0, 0.1) is 0 Å². The van der Waals surface area contributed by atoms with Gasteiger partial charge >= 0.3 is 0 Å². The molecule has 0 aliphatic carbocycles. The van der Waals surface area contributed by atoms with Gasteiger partial charge < -0.3 is 15.4 Å². The number of carbonyl (C=O) groups is 2. The predicted octanol–water partition coefficient (Wildman–Crippen LogP) is 4.43. The first-order valence-corrected chi connectivity index (χ1v) is 10.3. The summed E-state index contributed by atoms with van der Waals surface area (Å²) in [5.74, 6) is 0.357. The number of hydrogen-bond donors (Lipinski definition) is 2. The van der Waals surface area contributed by atoms with E-state index in [2.05, 4.69) is 10.6 Å². The van der Waals surface area contributed by atoms with E-state index < -0.39 is 0 Å². The molecule has 4 rings (SSSR count). The quantitative estimate of drug-likeness (QED) is 0.622. The highest BCUT2D eigenvalue weighted by atomic mass is 35.5. The summed E-state index contributed by atoms with van der Waals surface area (Å²) < 4.78 is 5.76. The van der Waals surface area contributed by atoms with Crippen molar-refractivity contribution in [1.82, 2.24) is 4.90 Å². The fourth-order valence-electron chi connectivity index (χ4n) is 3.43. The lowest BCUT2D eigenvalue weighted by Crippen LogP contribution is -2.34. The van der Waals surface area contributed by atoms with E-state index in [-0.39, 0.29) is 18.4 Å². The number of nitrogens with zero attached hydrogens (tertiary/aromatic N) is 1. The van der Waals surface area contributed by atoms with E-state index in [1.807, 2.05) is 29.2 Å². The zero-order valence-corrected chi connectivity index (χ0v) is 17.6. The van der Waals surface area contributed by atoms with Crippen LogP contribution in [0.5, 0.6) is 5.75 Å². The van der Waals surface area contributed by atoms with E-state index in [0.29, 0.717) is 41.7 Å². The monoisotopic (exact) mass is 435 g/mol. The van der Waals surface area contributed by atoms with Crippen molar-refractivity contribution in [2.45, 2.75) is 6.54 Å². The molecule has 2 N–H and O–H groups in total. The maximum atomic E-state index is 12.8. The van der Waals surface area contributed by atoms with Crippen molar-refractivity contribution >= 4 is 34.8 Å². The molecule has 0 saturated heterocycles. The second-order valence-electron chi connectivity index (χ2n) is 7.22. The predicted molar refractivity (Wildman–Crippen MR) is 122 cm³/mol. The molecule has 7 heteroatoms. The summed E-state index contributed by atoms with van der Waals surface area (Å²) in [6.45, 7) is 1.98. The van der Waals surface area contributed by atoms with E-state index in [0.717, 1.165) is 11.3 Å². The number of rotatable bonds is 5. The van der Waals surface area contributed by atoms with Crippen LogP contribution < -0.4 is 15.4 Å². The van der Waals surface area contributed by atoms with Crippen molar-refractivity contribution in [2.75, 3.05) is 30.3 Å². The van der Waals surface area contributed by atoms with Crippen LogP contribution in [0.1, 0.15) is 15.9 Å². The normalized spacial score (nSPS) is 13.5. The number of nitrogens with one attached hydrogen (secondary N) is 2. The van der Waals surface area contributed by atoms with E-state index in [1.54, 1.807) is 48.5 Å². The van der Waals surface area contributed by atoms with Gasteiger partial charge in [0.1, 0.15) is 12.4 Å². The van der Waals surface area contributed by atoms with Crippen LogP contribution in [-0.4, -0.2) is 36.4 Å². The zero-order valence-electron chi connectivity index (χ0n) is 16.8. The average molecular weight is 436 g/mol. The van der Waals surface area contributed by atoms with E-state index in [9.17, 15) is 9.59 Å². The molecule has 0 unspecified atom stereocenters. The van der Waals surface area contributed by atoms with E-state index in [1.165, 1.54) is 0 Å². The molecule has 0 spiro atoms. The summed E-state index contributed by atoms with van der Waals surface area (Å²) in [6.07, 6.45) is 0. The Hall–Kier alpha value is -3.35. The first-order valence-electron chi connectivity index (χ1n) is 9.97. The van der Waals surface area contributed by atoms with Gasteiger partial charge in [0.15, 0.2) is 0 Å². The first-order chi connectivity index (χ1) is 15.1. The third kappa shape index (κ3) is 5.42. The summed E-state index contributed by atoms with van der Waals surface area (Å²) in [7, 11) is 0. The molecular weight excluding hydrogens is 414 g/mol. The molecule has 0 aromatic heterocycles. The van der Waals surface area contributed by atoms with Crippen molar-refractivity contribution in [3.05, 3.63) is 88.9 Å². The van der Waals surface area contributed by atoms with Crippen LogP contribution >= 0.6 is 11.6 Å². The van der Waals surface area contributed by atoms with Gasteiger partial charge in [-0.05, 0) is 42.5 Å². The fraction of sp³-hybridized carbons (Fsp3) is 0.167. The Balaban J connectivity index is 1.42. The van der Waals surface area contributed by atoms with Crippen molar-refractivity contribution in [2.24, 2.45) is 0 Å². The molecule has 0 radical (unpaired) electrons. The smallest absolute Gasteiger partial charge is 0.257 e.